The normalized spacial score (nSPS) is 14.0. The van der Waals surface area contributed by atoms with Crippen LogP contribution in [0.15, 0.2) is 36.5 Å². The van der Waals surface area contributed by atoms with Crippen molar-refractivity contribution in [1.82, 2.24) is 0 Å². The molecule has 0 aliphatic carbocycles. The first-order valence-electron chi connectivity index (χ1n) is 24.2. The lowest BCUT2D eigenvalue weighted by molar-refractivity contribution is -0.870. The number of nitrogens with zero attached hydrogens (tertiary/aromatic N) is 1. The van der Waals surface area contributed by atoms with Crippen molar-refractivity contribution in [2.24, 2.45) is 0 Å². The fraction of sp³-hybridized carbons (Fsp3) is 0.857. The summed E-state index contributed by atoms with van der Waals surface area (Å²) < 4.78 is 34.7. The average molecular weight is 840 g/mol. The summed E-state index contributed by atoms with van der Waals surface area (Å²) in [7, 11) is 1.35. The van der Waals surface area contributed by atoms with E-state index in [2.05, 4.69) is 50.3 Å². The highest BCUT2D eigenvalue weighted by atomic mass is 31.2. The standard InChI is InChI=1S/C49H94NO7P/c1-6-8-10-12-14-16-18-20-22-24-25-26-28-30-32-34-36-38-40-42-49(51)57-48(47-56-58(52,53)55-45-43-50(3,4)5)46-54-44-41-39-37-35-33-31-29-27-23-21-19-17-15-13-11-9-7-2/h14,16,20,22-23,27,48H,6-13,15,17-19,21,24-26,28-47H2,1-5H3/b16-14-,22-20-,27-23-. The number of hydrogen-bond donors (Lipinski definition) is 0. The molecule has 2 unspecified atom stereocenters. The summed E-state index contributed by atoms with van der Waals surface area (Å²) >= 11 is 0. The smallest absolute Gasteiger partial charge is 0.306 e. The highest BCUT2D eigenvalue weighted by molar-refractivity contribution is 7.45. The van der Waals surface area contributed by atoms with Crippen LogP contribution in [0.4, 0.5) is 0 Å². The lowest BCUT2D eigenvalue weighted by Gasteiger charge is -2.28. The first-order chi connectivity index (χ1) is 28.1. The Kier molecular flexibility index (Phi) is 41.5. The number of phosphoric acid groups is 1. The van der Waals surface area contributed by atoms with Crippen LogP contribution in [0, 0.1) is 0 Å². The topological polar surface area (TPSA) is 94.1 Å². The van der Waals surface area contributed by atoms with Gasteiger partial charge in [-0.15, -0.1) is 0 Å². The number of unbranched alkanes of at least 4 members (excludes halogenated alkanes) is 25. The van der Waals surface area contributed by atoms with Gasteiger partial charge in [-0.05, 0) is 70.6 Å². The van der Waals surface area contributed by atoms with Gasteiger partial charge in [-0.25, -0.2) is 0 Å². The minimum atomic E-state index is -4.53. The van der Waals surface area contributed by atoms with Gasteiger partial charge in [0.15, 0.2) is 0 Å². The molecule has 0 radical (unpaired) electrons. The molecule has 8 nitrogen and oxygen atoms in total. The van der Waals surface area contributed by atoms with E-state index in [1.807, 2.05) is 21.1 Å². The SMILES string of the molecule is CCCCC/C=C\C/C=C\CCCCCCCCCCCC(=O)OC(COCCCCCCCC/C=C\CCCCCCCCC)COP(=O)([O-])OCC[N+](C)(C)C. The van der Waals surface area contributed by atoms with E-state index in [0.717, 1.165) is 38.5 Å². The minimum absolute atomic E-state index is 0.0242. The Bertz CT molecular complexity index is 1020. The number of esters is 1. The maximum absolute atomic E-state index is 12.7. The van der Waals surface area contributed by atoms with Crippen molar-refractivity contribution in [3.05, 3.63) is 36.5 Å². The molecule has 0 aromatic carbocycles. The number of quaternary nitrogens is 1. The van der Waals surface area contributed by atoms with E-state index in [1.165, 1.54) is 154 Å². The first kappa shape index (κ1) is 56.7. The third-order valence-corrected chi connectivity index (χ3v) is 11.4. The second-order valence-corrected chi connectivity index (χ2v) is 18.9. The monoisotopic (exact) mass is 840 g/mol. The molecule has 0 heterocycles. The fourth-order valence-electron chi connectivity index (χ4n) is 6.63. The zero-order valence-electron chi connectivity index (χ0n) is 38.7. The Balaban J connectivity index is 4.19. The van der Waals surface area contributed by atoms with Gasteiger partial charge in [0.05, 0.1) is 34.4 Å². The zero-order chi connectivity index (χ0) is 42.7. The summed E-state index contributed by atoms with van der Waals surface area (Å²) in [5.74, 6) is -0.339. The molecule has 0 aliphatic heterocycles. The lowest BCUT2D eigenvalue weighted by atomic mass is 10.1. The molecule has 0 fully saturated rings. The second kappa shape index (κ2) is 42.4. The van der Waals surface area contributed by atoms with Gasteiger partial charge < -0.3 is 27.9 Å². The summed E-state index contributed by atoms with van der Waals surface area (Å²) in [5.41, 5.74) is 0. The van der Waals surface area contributed by atoms with Gasteiger partial charge in [0.25, 0.3) is 7.82 Å². The van der Waals surface area contributed by atoms with Gasteiger partial charge >= 0.3 is 5.97 Å². The van der Waals surface area contributed by atoms with E-state index in [1.54, 1.807) is 0 Å². The number of likely N-dealkylation sites (N-methyl/N-ethyl adjacent to an activating group) is 1. The van der Waals surface area contributed by atoms with Crippen molar-refractivity contribution in [1.29, 1.82) is 0 Å². The third kappa shape index (κ3) is 45.8. The van der Waals surface area contributed by atoms with E-state index in [0.29, 0.717) is 24.1 Å². The molecule has 0 aromatic heterocycles. The molecule has 0 amide bonds. The molecule has 0 bridgehead atoms. The summed E-state index contributed by atoms with van der Waals surface area (Å²) in [6.07, 6.45) is 50.1. The van der Waals surface area contributed by atoms with Crippen LogP contribution in [-0.2, 0) is 27.9 Å². The second-order valence-electron chi connectivity index (χ2n) is 17.5. The van der Waals surface area contributed by atoms with Crippen LogP contribution in [0.25, 0.3) is 0 Å². The number of phosphoric ester groups is 1. The predicted molar refractivity (Wildman–Crippen MR) is 245 cm³/mol. The third-order valence-electron chi connectivity index (χ3n) is 10.4. The number of hydrogen-bond acceptors (Lipinski definition) is 7. The molecule has 0 saturated heterocycles. The van der Waals surface area contributed by atoms with Crippen LogP contribution in [-0.4, -0.2) is 70.7 Å². The molecule has 0 saturated carbocycles. The highest BCUT2D eigenvalue weighted by Crippen LogP contribution is 2.38. The van der Waals surface area contributed by atoms with Crippen molar-refractivity contribution >= 4 is 13.8 Å². The van der Waals surface area contributed by atoms with E-state index in [4.69, 9.17) is 18.5 Å². The van der Waals surface area contributed by atoms with E-state index in [-0.39, 0.29) is 25.8 Å². The number of allylic oxidation sites excluding steroid dienone is 6. The maximum Gasteiger partial charge on any atom is 0.306 e. The predicted octanol–water partition coefficient (Wildman–Crippen LogP) is 13.9. The van der Waals surface area contributed by atoms with Crippen molar-refractivity contribution in [3.63, 3.8) is 0 Å². The number of ether oxygens (including phenoxy) is 2. The largest absolute Gasteiger partial charge is 0.756 e. The summed E-state index contributed by atoms with van der Waals surface area (Å²) in [6, 6.07) is 0. The summed E-state index contributed by atoms with van der Waals surface area (Å²) in [5, 5.41) is 0. The number of carbonyl (C=O) groups is 1. The van der Waals surface area contributed by atoms with Gasteiger partial charge in [-0.2, -0.15) is 0 Å². The van der Waals surface area contributed by atoms with E-state index < -0.39 is 13.9 Å². The molecule has 342 valence electrons. The van der Waals surface area contributed by atoms with Crippen LogP contribution in [0.3, 0.4) is 0 Å². The quantitative estimate of drug-likeness (QED) is 0.0198. The molecule has 0 aliphatic rings. The maximum atomic E-state index is 12.7. The van der Waals surface area contributed by atoms with Crippen LogP contribution in [0.2, 0.25) is 0 Å². The van der Waals surface area contributed by atoms with Gasteiger partial charge in [0.2, 0.25) is 0 Å². The van der Waals surface area contributed by atoms with Crippen molar-refractivity contribution < 1.29 is 37.3 Å². The van der Waals surface area contributed by atoms with Crippen molar-refractivity contribution in [3.8, 4) is 0 Å². The summed E-state index contributed by atoms with van der Waals surface area (Å²) in [4.78, 5) is 25.1. The van der Waals surface area contributed by atoms with Crippen LogP contribution < -0.4 is 4.89 Å². The van der Waals surface area contributed by atoms with E-state index >= 15 is 0 Å². The van der Waals surface area contributed by atoms with Crippen molar-refractivity contribution in [2.75, 3.05) is 54.1 Å². The van der Waals surface area contributed by atoms with Gasteiger partial charge in [-0.3, -0.25) is 9.36 Å². The Labute approximate surface area is 359 Å². The van der Waals surface area contributed by atoms with Gasteiger partial charge in [0.1, 0.15) is 19.3 Å². The average Bonchev–Trinajstić information content (AvgIpc) is 3.18. The fourth-order valence-corrected chi connectivity index (χ4v) is 7.36. The molecule has 58 heavy (non-hydrogen) atoms. The molecule has 9 heteroatoms. The molecule has 2 atom stereocenters. The Hall–Kier alpha value is -1.28. The summed E-state index contributed by atoms with van der Waals surface area (Å²) in [6.45, 7) is 5.39. The number of carbonyl (C=O) groups excluding carboxylic acids is 1. The Morgan fingerprint density at radius 1 is 0.534 bits per heavy atom. The Morgan fingerprint density at radius 3 is 1.45 bits per heavy atom. The lowest BCUT2D eigenvalue weighted by Crippen LogP contribution is -2.37. The molecule has 0 N–H and O–H groups in total. The highest BCUT2D eigenvalue weighted by Gasteiger charge is 2.20. The minimum Gasteiger partial charge on any atom is -0.756 e. The van der Waals surface area contributed by atoms with E-state index in [9.17, 15) is 14.3 Å². The van der Waals surface area contributed by atoms with Crippen molar-refractivity contribution in [2.45, 2.75) is 219 Å². The molecule has 0 spiro atoms. The van der Waals surface area contributed by atoms with Crippen LogP contribution in [0.5, 0.6) is 0 Å². The zero-order valence-corrected chi connectivity index (χ0v) is 39.6. The molecule has 0 rings (SSSR count). The van der Waals surface area contributed by atoms with Gasteiger partial charge in [0, 0.05) is 13.0 Å². The van der Waals surface area contributed by atoms with Crippen LogP contribution >= 0.6 is 7.82 Å². The first-order valence-corrected chi connectivity index (χ1v) is 25.7. The molecular formula is C49H94NO7P. The Morgan fingerprint density at radius 2 is 0.948 bits per heavy atom. The van der Waals surface area contributed by atoms with Gasteiger partial charge in [-0.1, -0.05) is 172 Å². The molecular weight excluding hydrogens is 746 g/mol. The van der Waals surface area contributed by atoms with Crippen LogP contribution in [0.1, 0.15) is 213 Å². The number of rotatable bonds is 45. The molecule has 0 aromatic rings.